The van der Waals surface area contributed by atoms with Gasteiger partial charge in [0.2, 0.25) is 5.95 Å². The number of nitrogens with two attached hydrogens (primary N) is 1. The highest BCUT2D eigenvalue weighted by Gasteiger charge is 2.36. The van der Waals surface area contributed by atoms with Gasteiger partial charge in [-0.15, -0.1) is 0 Å². The summed E-state index contributed by atoms with van der Waals surface area (Å²) in [6, 6.07) is 6.12. The van der Waals surface area contributed by atoms with Gasteiger partial charge in [-0.3, -0.25) is 0 Å². The first-order chi connectivity index (χ1) is 9.15. The van der Waals surface area contributed by atoms with Crippen molar-refractivity contribution in [2.75, 3.05) is 26.1 Å². The molecule has 102 valence electrons. The molecule has 5 nitrogen and oxygen atoms in total. The molecule has 2 N–H and O–H groups in total. The van der Waals surface area contributed by atoms with Gasteiger partial charge in [-0.25, -0.2) is 4.98 Å². The van der Waals surface area contributed by atoms with Gasteiger partial charge in [-0.2, -0.15) is 0 Å². The van der Waals surface area contributed by atoms with Crippen LogP contribution in [-0.2, 0) is 16.0 Å². The molecule has 1 unspecified atom stereocenters. The highest BCUT2D eigenvalue weighted by Crippen LogP contribution is 2.29. The number of nitrogens with zero attached hydrogens (tertiary/aromatic N) is 2. The van der Waals surface area contributed by atoms with Crippen LogP contribution >= 0.6 is 0 Å². The van der Waals surface area contributed by atoms with Crippen molar-refractivity contribution in [2.45, 2.75) is 25.5 Å². The summed E-state index contributed by atoms with van der Waals surface area (Å²) < 4.78 is 13.2. The van der Waals surface area contributed by atoms with Gasteiger partial charge in [-0.1, -0.05) is 12.1 Å². The van der Waals surface area contributed by atoms with Crippen molar-refractivity contribution < 1.29 is 9.47 Å². The topological polar surface area (TPSA) is 62.3 Å². The van der Waals surface area contributed by atoms with Crippen LogP contribution in [0.25, 0.3) is 11.0 Å². The standard InChI is InChI=1S/C14H19N3O2/c1-10-4-3-5-11-12(10)16-13(15)17(11)8-14(18-2)6-7-19-9-14/h3-5H,6-9H2,1-2H3,(H2,15,16). The zero-order chi connectivity index (χ0) is 13.5. The first-order valence-corrected chi connectivity index (χ1v) is 6.49. The average Bonchev–Trinajstić information content (AvgIpc) is 2.99. The minimum Gasteiger partial charge on any atom is -0.378 e. The maximum Gasteiger partial charge on any atom is 0.201 e. The van der Waals surface area contributed by atoms with Crippen molar-refractivity contribution in [3.8, 4) is 0 Å². The highest BCUT2D eigenvalue weighted by atomic mass is 16.5. The first kappa shape index (κ1) is 12.4. The lowest BCUT2D eigenvalue weighted by molar-refractivity contribution is -0.0283. The van der Waals surface area contributed by atoms with Crippen LogP contribution in [0.1, 0.15) is 12.0 Å². The van der Waals surface area contributed by atoms with Crippen LogP contribution < -0.4 is 5.73 Å². The Morgan fingerprint density at radius 1 is 1.53 bits per heavy atom. The van der Waals surface area contributed by atoms with Gasteiger partial charge in [0.05, 0.1) is 24.2 Å². The van der Waals surface area contributed by atoms with E-state index in [4.69, 9.17) is 15.2 Å². The quantitative estimate of drug-likeness (QED) is 0.914. The Hall–Kier alpha value is -1.59. The Balaban J connectivity index is 2.05. The minimum absolute atomic E-state index is 0.286. The average molecular weight is 261 g/mol. The molecule has 0 saturated carbocycles. The summed E-state index contributed by atoms with van der Waals surface area (Å²) in [5.74, 6) is 0.535. The Morgan fingerprint density at radius 3 is 3.05 bits per heavy atom. The number of rotatable bonds is 3. The Morgan fingerprint density at radius 2 is 2.37 bits per heavy atom. The second kappa shape index (κ2) is 4.51. The predicted octanol–water partition coefficient (Wildman–Crippen LogP) is 1.73. The summed E-state index contributed by atoms with van der Waals surface area (Å²) in [4.78, 5) is 4.46. The van der Waals surface area contributed by atoms with E-state index in [9.17, 15) is 0 Å². The summed E-state index contributed by atoms with van der Waals surface area (Å²) in [5, 5.41) is 0. The summed E-state index contributed by atoms with van der Waals surface area (Å²) in [6.45, 7) is 4.06. The molecule has 0 amide bonds. The fourth-order valence-corrected chi connectivity index (χ4v) is 2.70. The Kier molecular flexibility index (Phi) is 2.95. The number of anilines is 1. The van der Waals surface area contributed by atoms with E-state index in [0.29, 0.717) is 19.1 Å². The van der Waals surface area contributed by atoms with Crippen LogP contribution in [0.5, 0.6) is 0 Å². The molecule has 1 aromatic heterocycles. The molecule has 2 heterocycles. The molecule has 1 aromatic carbocycles. The number of benzene rings is 1. The number of aryl methyl sites for hydroxylation is 1. The third kappa shape index (κ3) is 1.99. The maximum absolute atomic E-state index is 6.07. The molecule has 0 aliphatic carbocycles. The minimum atomic E-state index is -0.286. The van der Waals surface area contributed by atoms with Crippen LogP contribution in [0.15, 0.2) is 18.2 Å². The van der Waals surface area contributed by atoms with Crippen LogP contribution in [-0.4, -0.2) is 35.5 Å². The van der Waals surface area contributed by atoms with E-state index in [-0.39, 0.29) is 5.60 Å². The molecular formula is C14H19N3O2. The van der Waals surface area contributed by atoms with E-state index in [1.54, 1.807) is 7.11 Å². The Bertz CT molecular complexity index is 600. The molecule has 19 heavy (non-hydrogen) atoms. The van der Waals surface area contributed by atoms with Gasteiger partial charge in [0.15, 0.2) is 0 Å². The van der Waals surface area contributed by atoms with Gasteiger partial charge in [-0.05, 0) is 18.6 Å². The zero-order valence-electron chi connectivity index (χ0n) is 11.3. The second-order valence-electron chi connectivity index (χ2n) is 5.19. The van der Waals surface area contributed by atoms with Crippen molar-refractivity contribution >= 4 is 17.0 Å². The fraction of sp³-hybridized carbons (Fsp3) is 0.500. The van der Waals surface area contributed by atoms with Crippen molar-refractivity contribution in [1.29, 1.82) is 0 Å². The third-order valence-corrected chi connectivity index (χ3v) is 3.96. The van der Waals surface area contributed by atoms with Gasteiger partial charge >= 0.3 is 0 Å². The SMILES string of the molecule is COC1(Cn2c(N)nc3c(C)cccc32)CCOC1. The number of aromatic nitrogens is 2. The monoisotopic (exact) mass is 261 g/mol. The molecule has 1 aliphatic rings. The second-order valence-corrected chi connectivity index (χ2v) is 5.19. The summed E-state index contributed by atoms with van der Waals surface area (Å²) in [5.41, 5.74) is 8.94. The molecule has 0 radical (unpaired) electrons. The van der Waals surface area contributed by atoms with E-state index in [0.717, 1.165) is 29.6 Å². The number of hydrogen-bond donors (Lipinski definition) is 1. The van der Waals surface area contributed by atoms with Crippen LogP contribution in [0.4, 0.5) is 5.95 Å². The zero-order valence-corrected chi connectivity index (χ0v) is 11.3. The van der Waals surface area contributed by atoms with E-state index in [2.05, 4.69) is 4.98 Å². The smallest absolute Gasteiger partial charge is 0.201 e. The number of ether oxygens (including phenoxy) is 2. The van der Waals surface area contributed by atoms with Crippen LogP contribution in [0.2, 0.25) is 0 Å². The largest absolute Gasteiger partial charge is 0.378 e. The lowest BCUT2D eigenvalue weighted by atomic mass is 10.0. The molecule has 5 heteroatoms. The fourth-order valence-electron chi connectivity index (χ4n) is 2.70. The number of methoxy groups -OCH3 is 1. The number of nitrogen functional groups attached to an aromatic ring is 1. The number of hydrogen-bond acceptors (Lipinski definition) is 4. The summed E-state index contributed by atoms with van der Waals surface area (Å²) in [6.07, 6.45) is 0.883. The van der Waals surface area contributed by atoms with E-state index in [1.165, 1.54) is 0 Å². The van der Waals surface area contributed by atoms with E-state index >= 15 is 0 Å². The van der Waals surface area contributed by atoms with Gasteiger partial charge < -0.3 is 19.8 Å². The van der Waals surface area contributed by atoms with E-state index < -0.39 is 0 Å². The Labute approximate surface area is 112 Å². The lowest BCUT2D eigenvalue weighted by Crippen LogP contribution is -2.37. The predicted molar refractivity (Wildman–Crippen MR) is 74.1 cm³/mol. The van der Waals surface area contributed by atoms with Gasteiger partial charge in [0, 0.05) is 20.1 Å². The van der Waals surface area contributed by atoms with Crippen LogP contribution in [0, 0.1) is 6.92 Å². The normalized spacial score (nSPS) is 23.3. The summed E-state index contributed by atoms with van der Waals surface area (Å²) >= 11 is 0. The molecule has 0 spiro atoms. The van der Waals surface area contributed by atoms with Crippen molar-refractivity contribution in [1.82, 2.24) is 9.55 Å². The van der Waals surface area contributed by atoms with Gasteiger partial charge in [0.1, 0.15) is 5.60 Å². The summed E-state index contributed by atoms with van der Waals surface area (Å²) in [7, 11) is 1.73. The number of para-hydroxylation sites is 1. The molecular weight excluding hydrogens is 242 g/mol. The lowest BCUT2D eigenvalue weighted by Gasteiger charge is -2.26. The molecule has 1 aliphatic heterocycles. The maximum atomic E-state index is 6.07. The molecule has 3 rings (SSSR count). The van der Waals surface area contributed by atoms with Gasteiger partial charge in [0.25, 0.3) is 0 Å². The third-order valence-electron chi connectivity index (χ3n) is 3.96. The molecule has 1 atom stereocenters. The first-order valence-electron chi connectivity index (χ1n) is 6.49. The van der Waals surface area contributed by atoms with Crippen molar-refractivity contribution in [3.63, 3.8) is 0 Å². The van der Waals surface area contributed by atoms with Crippen molar-refractivity contribution in [3.05, 3.63) is 23.8 Å². The number of fused-ring (bicyclic) bond motifs is 1. The van der Waals surface area contributed by atoms with Crippen LogP contribution in [0.3, 0.4) is 0 Å². The molecule has 1 fully saturated rings. The van der Waals surface area contributed by atoms with E-state index in [1.807, 2.05) is 29.7 Å². The molecule has 1 saturated heterocycles. The molecule has 2 aromatic rings. The number of imidazole rings is 1. The van der Waals surface area contributed by atoms with Crippen molar-refractivity contribution in [2.24, 2.45) is 0 Å². The highest BCUT2D eigenvalue weighted by molar-refractivity contribution is 5.81. The molecule has 0 bridgehead atoms.